The second-order valence-electron chi connectivity index (χ2n) is 4.70. The second kappa shape index (κ2) is 4.42. The topological polar surface area (TPSA) is 29.9 Å². The molecule has 1 aromatic heterocycles. The molecule has 0 amide bonds. The summed E-state index contributed by atoms with van der Waals surface area (Å²) in [6, 6.07) is 6.87. The molecule has 0 bridgehead atoms. The molecule has 1 N–H and O–H groups in total. The minimum atomic E-state index is 0.574. The van der Waals surface area contributed by atoms with Gasteiger partial charge in [0, 0.05) is 15.9 Å². The zero-order valence-corrected chi connectivity index (χ0v) is 11.5. The number of hydrogen-bond donors (Lipinski definition) is 1. The summed E-state index contributed by atoms with van der Waals surface area (Å²) >= 11 is 3.63. The molecule has 2 heterocycles. The minimum Gasteiger partial charge on any atom is -0.312 e. The molecule has 90 valence electrons. The van der Waals surface area contributed by atoms with Crippen LogP contribution in [-0.2, 0) is 6.54 Å². The molecule has 1 aromatic carbocycles. The van der Waals surface area contributed by atoms with Gasteiger partial charge in [-0.1, -0.05) is 12.1 Å². The van der Waals surface area contributed by atoms with Crippen LogP contribution in [0.5, 0.6) is 0 Å². The summed E-state index contributed by atoms with van der Waals surface area (Å²) in [6.45, 7) is 4.18. The third-order valence-corrected chi connectivity index (χ3v) is 4.10. The van der Waals surface area contributed by atoms with Crippen LogP contribution in [0, 0.1) is 6.92 Å². The molecular weight excluding hydrogens is 278 g/mol. The summed E-state index contributed by atoms with van der Waals surface area (Å²) in [5.74, 6) is 0. The monoisotopic (exact) mass is 293 g/mol. The standard InChI is InChI=1S/C13H16BrN3/c1-9-11-5-2-6-12(14)13(11)17(16-9)8-10-4-3-7-15-10/h2,5-6,10,15H,3-4,7-8H2,1H3. The van der Waals surface area contributed by atoms with Crippen molar-refractivity contribution in [1.29, 1.82) is 0 Å². The van der Waals surface area contributed by atoms with Crippen molar-refractivity contribution in [3.8, 4) is 0 Å². The van der Waals surface area contributed by atoms with E-state index in [1.165, 1.54) is 23.7 Å². The van der Waals surface area contributed by atoms with Gasteiger partial charge in [0.05, 0.1) is 17.8 Å². The van der Waals surface area contributed by atoms with Crippen LogP contribution in [0.2, 0.25) is 0 Å². The Morgan fingerprint density at radius 3 is 3.18 bits per heavy atom. The van der Waals surface area contributed by atoms with Crippen LogP contribution >= 0.6 is 15.9 Å². The first kappa shape index (κ1) is 11.2. The van der Waals surface area contributed by atoms with E-state index in [2.05, 4.69) is 56.2 Å². The molecule has 0 spiro atoms. The zero-order chi connectivity index (χ0) is 11.8. The summed E-state index contributed by atoms with van der Waals surface area (Å²) in [7, 11) is 0. The Kier molecular flexibility index (Phi) is 2.92. The fourth-order valence-corrected chi connectivity index (χ4v) is 3.18. The molecule has 2 aromatic rings. The smallest absolute Gasteiger partial charge is 0.0827 e. The van der Waals surface area contributed by atoms with Gasteiger partial charge < -0.3 is 5.32 Å². The molecule has 17 heavy (non-hydrogen) atoms. The molecule has 3 rings (SSSR count). The highest BCUT2D eigenvalue weighted by Crippen LogP contribution is 2.26. The van der Waals surface area contributed by atoms with E-state index in [-0.39, 0.29) is 0 Å². The normalized spacial score (nSPS) is 20.2. The van der Waals surface area contributed by atoms with Crippen LogP contribution in [0.4, 0.5) is 0 Å². The van der Waals surface area contributed by atoms with E-state index in [9.17, 15) is 0 Å². The summed E-state index contributed by atoms with van der Waals surface area (Å²) in [4.78, 5) is 0. The van der Waals surface area contributed by atoms with E-state index in [0.717, 1.165) is 23.3 Å². The molecule has 1 aliphatic rings. The summed E-state index contributed by atoms with van der Waals surface area (Å²) in [5.41, 5.74) is 2.33. The van der Waals surface area contributed by atoms with Gasteiger partial charge in [-0.3, -0.25) is 4.68 Å². The quantitative estimate of drug-likeness (QED) is 0.923. The number of para-hydroxylation sites is 1. The van der Waals surface area contributed by atoms with Gasteiger partial charge in [0.1, 0.15) is 0 Å². The average molecular weight is 294 g/mol. The summed E-state index contributed by atoms with van der Waals surface area (Å²) in [6.07, 6.45) is 2.54. The van der Waals surface area contributed by atoms with Gasteiger partial charge in [-0.15, -0.1) is 0 Å². The fourth-order valence-electron chi connectivity index (χ4n) is 2.61. The lowest BCUT2D eigenvalue weighted by molar-refractivity contribution is 0.484. The first-order chi connectivity index (χ1) is 8.25. The van der Waals surface area contributed by atoms with Crippen LogP contribution < -0.4 is 5.32 Å². The van der Waals surface area contributed by atoms with Gasteiger partial charge in [-0.05, 0) is 48.3 Å². The second-order valence-corrected chi connectivity index (χ2v) is 5.55. The van der Waals surface area contributed by atoms with Gasteiger partial charge in [-0.2, -0.15) is 5.10 Å². The molecule has 1 unspecified atom stereocenters. The number of aromatic nitrogens is 2. The summed E-state index contributed by atoms with van der Waals surface area (Å²) in [5, 5.41) is 9.43. The number of hydrogen-bond acceptors (Lipinski definition) is 2. The maximum absolute atomic E-state index is 4.66. The molecule has 1 fully saturated rings. The molecule has 0 radical (unpaired) electrons. The first-order valence-electron chi connectivity index (χ1n) is 6.11. The third kappa shape index (κ3) is 2.00. The van der Waals surface area contributed by atoms with Crippen molar-refractivity contribution < 1.29 is 0 Å². The van der Waals surface area contributed by atoms with E-state index in [4.69, 9.17) is 0 Å². The molecule has 1 aliphatic heterocycles. The summed E-state index contributed by atoms with van der Waals surface area (Å²) < 4.78 is 3.27. The molecule has 1 atom stereocenters. The predicted octanol–water partition coefficient (Wildman–Crippen LogP) is 2.86. The number of aryl methyl sites for hydroxylation is 1. The Morgan fingerprint density at radius 1 is 1.53 bits per heavy atom. The van der Waals surface area contributed by atoms with E-state index >= 15 is 0 Å². The van der Waals surface area contributed by atoms with Crippen LogP contribution in [0.15, 0.2) is 22.7 Å². The number of rotatable bonds is 2. The van der Waals surface area contributed by atoms with Crippen molar-refractivity contribution >= 4 is 26.8 Å². The Balaban J connectivity index is 2.03. The van der Waals surface area contributed by atoms with Crippen molar-refractivity contribution in [3.63, 3.8) is 0 Å². The number of nitrogens with zero attached hydrogens (tertiary/aromatic N) is 2. The van der Waals surface area contributed by atoms with E-state index in [1.54, 1.807) is 0 Å². The Hall–Kier alpha value is -0.870. The van der Waals surface area contributed by atoms with Gasteiger partial charge in [-0.25, -0.2) is 0 Å². The third-order valence-electron chi connectivity index (χ3n) is 3.46. The molecule has 0 saturated carbocycles. The fraction of sp³-hybridized carbons (Fsp3) is 0.462. The van der Waals surface area contributed by atoms with Crippen LogP contribution in [0.25, 0.3) is 10.9 Å². The Morgan fingerprint density at radius 2 is 2.41 bits per heavy atom. The highest BCUT2D eigenvalue weighted by molar-refractivity contribution is 9.10. The SMILES string of the molecule is Cc1nn(CC2CCCN2)c2c(Br)cccc12. The van der Waals surface area contributed by atoms with E-state index < -0.39 is 0 Å². The van der Waals surface area contributed by atoms with Crippen molar-refractivity contribution in [3.05, 3.63) is 28.4 Å². The molecule has 0 aliphatic carbocycles. The van der Waals surface area contributed by atoms with Crippen molar-refractivity contribution in [2.45, 2.75) is 32.4 Å². The lowest BCUT2D eigenvalue weighted by Gasteiger charge is -2.11. The predicted molar refractivity (Wildman–Crippen MR) is 73.2 cm³/mol. The number of benzene rings is 1. The van der Waals surface area contributed by atoms with E-state index in [1.807, 2.05) is 0 Å². The lowest BCUT2D eigenvalue weighted by atomic mass is 10.2. The van der Waals surface area contributed by atoms with Crippen molar-refractivity contribution in [2.75, 3.05) is 6.54 Å². The zero-order valence-electron chi connectivity index (χ0n) is 9.91. The number of fused-ring (bicyclic) bond motifs is 1. The minimum absolute atomic E-state index is 0.574. The number of nitrogens with one attached hydrogen (secondary N) is 1. The molecule has 1 saturated heterocycles. The maximum Gasteiger partial charge on any atom is 0.0827 e. The highest BCUT2D eigenvalue weighted by atomic mass is 79.9. The largest absolute Gasteiger partial charge is 0.312 e. The van der Waals surface area contributed by atoms with Crippen LogP contribution in [-0.4, -0.2) is 22.4 Å². The van der Waals surface area contributed by atoms with Gasteiger partial charge in [0.2, 0.25) is 0 Å². The Bertz CT molecular complexity index is 541. The van der Waals surface area contributed by atoms with Crippen molar-refractivity contribution in [1.82, 2.24) is 15.1 Å². The molecular formula is C13H16BrN3. The maximum atomic E-state index is 4.66. The van der Waals surface area contributed by atoms with Gasteiger partial charge >= 0.3 is 0 Å². The number of halogens is 1. The van der Waals surface area contributed by atoms with Crippen LogP contribution in [0.1, 0.15) is 18.5 Å². The van der Waals surface area contributed by atoms with Crippen molar-refractivity contribution in [2.24, 2.45) is 0 Å². The molecule has 3 nitrogen and oxygen atoms in total. The average Bonchev–Trinajstić information content (AvgIpc) is 2.90. The molecule has 4 heteroatoms. The van der Waals surface area contributed by atoms with Crippen LogP contribution in [0.3, 0.4) is 0 Å². The first-order valence-corrected chi connectivity index (χ1v) is 6.90. The lowest BCUT2D eigenvalue weighted by Crippen LogP contribution is -2.27. The van der Waals surface area contributed by atoms with Gasteiger partial charge in [0.15, 0.2) is 0 Å². The van der Waals surface area contributed by atoms with Gasteiger partial charge in [0.25, 0.3) is 0 Å². The van der Waals surface area contributed by atoms with E-state index in [0.29, 0.717) is 6.04 Å². The highest BCUT2D eigenvalue weighted by Gasteiger charge is 2.17. The Labute approximate surface area is 109 Å².